The van der Waals surface area contributed by atoms with Gasteiger partial charge in [-0.15, -0.1) is 0 Å². The molecule has 28 heavy (non-hydrogen) atoms. The number of nitrogens with one attached hydrogen (secondary N) is 1. The molecule has 2 aromatic heterocycles. The van der Waals surface area contributed by atoms with Crippen LogP contribution in [0.2, 0.25) is 0 Å². The molecule has 0 atom stereocenters. The first kappa shape index (κ1) is 18.4. The van der Waals surface area contributed by atoms with Gasteiger partial charge in [-0.25, -0.2) is 0 Å². The van der Waals surface area contributed by atoms with E-state index in [0.717, 1.165) is 57.8 Å². The molecular weight excluding hydrogens is 354 g/mol. The van der Waals surface area contributed by atoms with Gasteiger partial charge in [-0.05, 0) is 56.9 Å². The van der Waals surface area contributed by atoms with Crippen molar-refractivity contribution in [2.75, 3.05) is 7.11 Å². The fourth-order valence-electron chi connectivity index (χ4n) is 4.01. The Kier molecular flexibility index (Phi) is 4.99. The second-order valence-electron chi connectivity index (χ2n) is 7.29. The van der Waals surface area contributed by atoms with Crippen LogP contribution in [0.25, 0.3) is 16.5 Å². The Morgan fingerprint density at radius 1 is 1.32 bits per heavy atom. The van der Waals surface area contributed by atoms with Gasteiger partial charge in [0.25, 0.3) is 0 Å². The molecule has 2 heterocycles. The van der Waals surface area contributed by atoms with E-state index in [0.29, 0.717) is 6.54 Å². The Labute approximate surface area is 164 Å². The fraction of sp³-hybridized carbons (Fsp3) is 0.348. The highest BCUT2D eigenvalue weighted by atomic mass is 16.5. The van der Waals surface area contributed by atoms with Crippen molar-refractivity contribution in [3.63, 3.8) is 0 Å². The topological polar surface area (TPSA) is 64.6 Å². The van der Waals surface area contributed by atoms with Gasteiger partial charge in [0.1, 0.15) is 22.9 Å². The predicted octanol–water partition coefficient (Wildman–Crippen LogP) is 4.94. The number of carbonyl (C=O) groups is 1. The number of hydrogen-bond acceptors (Lipinski definition) is 4. The number of amides is 1. The molecule has 1 aromatic carbocycles. The first-order chi connectivity index (χ1) is 13.6. The van der Waals surface area contributed by atoms with E-state index >= 15 is 0 Å². The molecule has 0 spiro atoms. The molecule has 5 heteroatoms. The second-order valence-corrected chi connectivity index (χ2v) is 7.29. The number of carbonyl (C=O) groups excluding carboxylic acids is 1. The molecule has 0 fully saturated rings. The van der Waals surface area contributed by atoms with Crippen LogP contribution in [0.3, 0.4) is 0 Å². The van der Waals surface area contributed by atoms with Gasteiger partial charge in [0.05, 0.1) is 19.9 Å². The molecule has 0 unspecified atom stereocenters. The van der Waals surface area contributed by atoms with E-state index in [1.54, 1.807) is 25.5 Å². The van der Waals surface area contributed by atoms with Crippen LogP contribution in [-0.4, -0.2) is 13.0 Å². The zero-order valence-electron chi connectivity index (χ0n) is 16.6. The van der Waals surface area contributed by atoms with E-state index in [4.69, 9.17) is 13.6 Å². The third-order valence-corrected chi connectivity index (χ3v) is 5.42. The highest BCUT2D eigenvalue weighted by Gasteiger charge is 2.23. The van der Waals surface area contributed by atoms with Gasteiger partial charge in [0.2, 0.25) is 5.91 Å². The van der Waals surface area contributed by atoms with Gasteiger partial charge in [0, 0.05) is 34.6 Å². The van der Waals surface area contributed by atoms with Crippen molar-refractivity contribution >= 4 is 22.4 Å². The Bertz CT molecular complexity index is 1040. The van der Waals surface area contributed by atoms with E-state index in [-0.39, 0.29) is 5.91 Å². The summed E-state index contributed by atoms with van der Waals surface area (Å²) < 4.78 is 17.1. The molecular formula is C23H25NO4. The number of allylic oxidation sites excluding steroid dienone is 1. The van der Waals surface area contributed by atoms with E-state index < -0.39 is 0 Å². The van der Waals surface area contributed by atoms with Crippen molar-refractivity contribution in [1.82, 2.24) is 5.32 Å². The van der Waals surface area contributed by atoms with Crippen molar-refractivity contribution in [2.24, 2.45) is 0 Å². The Morgan fingerprint density at radius 2 is 2.14 bits per heavy atom. The zero-order chi connectivity index (χ0) is 19.7. The molecule has 1 N–H and O–H groups in total. The molecule has 3 aromatic rings. The summed E-state index contributed by atoms with van der Waals surface area (Å²) in [6.07, 6.45) is 7.59. The van der Waals surface area contributed by atoms with Crippen LogP contribution in [-0.2, 0) is 24.2 Å². The summed E-state index contributed by atoms with van der Waals surface area (Å²) in [6, 6.07) is 5.75. The normalized spacial score (nSPS) is 14.2. The fourth-order valence-corrected chi connectivity index (χ4v) is 4.01. The van der Waals surface area contributed by atoms with Gasteiger partial charge in [-0.2, -0.15) is 0 Å². The first-order valence-corrected chi connectivity index (χ1v) is 9.69. The lowest BCUT2D eigenvalue weighted by atomic mass is 9.93. The van der Waals surface area contributed by atoms with Crippen molar-refractivity contribution in [2.45, 2.75) is 46.1 Å². The third kappa shape index (κ3) is 3.33. The van der Waals surface area contributed by atoms with Crippen LogP contribution in [0.5, 0.6) is 5.75 Å². The average Bonchev–Trinajstić information content (AvgIpc) is 3.34. The highest BCUT2D eigenvalue weighted by Crippen LogP contribution is 2.40. The molecule has 146 valence electrons. The van der Waals surface area contributed by atoms with Crippen molar-refractivity contribution in [3.8, 4) is 5.75 Å². The van der Waals surface area contributed by atoms with E-state index in [1.807, 2.05) is 19.9 Å². The molecule has 0 saturated carbocycles. The molecule has 1 aliphatic carbocycles. The third-order valence-electron chi connectivity index (χ3n) is 5.42. The van der Waals surface area contributed by atoms with Crippen molar-refractivity contribution < 1.29 is 18.4 Å². The number of ether oxygens (including phenoxy) is 1. The standard InChI is InChI=1S/C23H25NO4/c1-14(11-21(25)24-13-16-7-6-10-27-16)18-12-19-17-8-4-5-9-20(17)28-23(19)15(2)22(18)26-3/h6-7,10-12H,4-5,8-9,13H2,1-3H3,(H,24,25)/b14-11+. The summed E-state index contributed by atoms with van der Waals surface area (Å²) >= 11 is 0. The lowest BCUT2D eigenvalue weighted by Gasteiger charge is -2.13. The quantitative estimate of drug-likeness (QED) is 0.638. The van der Waals surface area contributed by atoms with Crippen LogP contribution in [0.15, 0.2) is 39.4 Å². The Morgan fingerprint density at radius 3 is 2.89 bits per heavy atom. The molecule has 0 aliphatic heterocycles. The minimum atomic E-state index is -0.164. The van der Waals surface area contributed by atoms with Crippen LogP contribution in [0.4, 0.5) is 0 Å². The van der Waals surface area contributed by atoms with Gasteiger partial charge >= 0.3 is 0 Å². The van der Waals surface area contributed by atoms with Crippen molar-refractivity contribution in [3.05, 3.63) is 58.7 Å². The van der Waals surface area contributed by atoms with Crippen LogP contribution in [0.1, 0.15) is 48.0 Å². The van der Waals surface area contributed by atoms with Crippen LogP contribution < -0.4 is 10.1 Å². The minimum Gasteiger partial charge on any atom is -0.496 e. The molecule has 0 bridgehead atoms. The maximum absolute atomic E-state index is 12.4. The van der Waals surface area contributed by atoms with Crippen molar-refractivity contribution in [1.29, 1.82) is 0 Å². The van der Waals surface area contributed by atoms with E-state index in [2.05, 4.69) is 11.4 Å². The summed E-state index contributed by atoms with van der Waals surface area (Å²) in [5, 5.41) is 4.00. The molecule has 4 rings (SSSR count). The highest BCUT2D eigenvalue weighted by molar-refractivity contribution is 5.98. The Balaban J connectivity index is 1.69. The van der Waals surface area contributed by atoms with Gasteiger partial charge in [-0.3, -0.25) is 4.79 Å². The van der Waals surface area contributed by atoms with Crippen LogP contribution >= 0.6 is 0 Å². The van der Waals surface area contributed by atoms with E-state index in [1.165, 1.54) is 18.4 Å². The molecule has 0 radical (unpaired) electrons. The number of fused-ring (bicyclic) bond motifs is 3. The van der Waals surface area contributed by atoms with Gasteiger partial charge in [0.15, 0.2) is 0 Å². The smallest absolute Gasteiger partial charge is 0.244 e. The molecule has 1 amide bonds. The Hall–Kier alpha value is -2.95. The number of furan rings is 2. The largest absolute Gasteiger partial charge is 0.496 e. The lowest BCUT2D eigenvalue weighted by molar-refractivity contribution is -0.116. The molecule has 0 saturated heterocycles. The maximum Gasteiger partial charge on any atom is 0.244 e. The summed E-state index contributed by atoms with van der Waals surface area (Å²) in [5.41, 5.74) is 4.97. The minimum absolute atomic E-state index is 0.164. The summed E-state index contributed by atoms with van der Waals surface area (Å²) in [7, 11) is 1.66. The SMILES string of the molecule is COc1c(/C(C)=C/C(=O)NCc2ccco2)cc2c3c(oc2c1C)CCCC3. The van der Waals surface area contributed by atoms with Crippen LogP contribution in [0, 0.1) is 6.92 Å². The molecule has 1 aliphatic rings. The number of rotatable bonds is 5. The summed E-state index contributed by atoms with van der Waals surface area (Å²) in [5.74, 6) is 2.41. The zero-order valence-corrected chi connectivity index (χ0v) is 16.6. The summed E-state index contributed by atoms with van der Waals surface area (Å²) in [6.45, 7) is 4.31. The average molecular weight is 379 g/mol. The molecule has 5 nitrogen and oxygen atoms in total. The summed E-state index contributed by atoms with van der Waals surface area (Å²) in [4.78, 5) is 12.4. The number of aryl methyl sites for hydroxylation is 3. The second kappa shape index (κ2) is 7.58. The number of benzene rings is 1. The van der Waals surface area contributed by atoms with E-state index in [9.17, 15) is 4.79 Å². The predicted molar refractivity (Wildman–Crippen MR) is 108 cm³/mol. The van der Waals surface area contributed by atoms with Gasteiger partial charge < -0.3 is 18.9 Å². The lowest BCUT2D eigenvalue weighted by Crippen LogP contribution is -2.20. The number of methoxy groups -OCH3 is 1. The maximum atomic E-state index is 12.4. The monoisotopic (exact) mass is 379 g/mol. The van der Waals surface area contributed by atoms with Gasteiger partial charge in [-0.1, -0.05) is 0 Å². The number of hydrogen-bond donors (Lipinski definition) is 1. The first-order valence-electron chi connectivity index (χ1n) is 9.69.